The summed E-state index contributed by atoms with van der Waals surface area (Å²) in [6, 6.07) is -0.0435. The van der Waals surface area contributed by atoms with Crippen LogP contribution in [0.3, 0.4) is 0 Å². The second kappa shape index (κ2) is 3.32. The molecule has 0 bridgehead atoms. The first kappa shape index (κ1) is 10.6. The van der Waals surface area contributed by atoms with Crippen LogP contribution in [0.4, 0.5) is 13.2 Å². The number of nitrogens with zero attached hydrogens (tertiary/aromatic N) is 2. The van der Waals surface area contributed by atoms with Gasteiger partial charge in [-0.05, 0) is 29.8 Å². The lowest BCUT2D eigenvalue weighted by atomic mass is 10.4. The number of alkyl halides is 3. The Morgan fingerprint density at radius 1 is 1.46 bits per heavy atom. The average molecular weight is 257 g/mol. The van der Waals surface area contributed by atoms with E-state index in [0.717, 1.165) is 6.20 Å². The molecular formula is C7H8BrF3N2. The number of rotatable bonds is 1. The molecule has 1 heterocycles. The van der Waals surface area contributed by atoms with Gasteiger partial charge in [0.15, 0.2) is 10.4 Å². The van der Waals surface area contributed by atoms with Gasteiger partial charge in [0.25, 0.3) is 0 Å². The molecular weight excluding hydrogens is 249 g/mol. The number of aromatic nitrogens is 2. The molecule has 0 aliphatic rings. The maximum Gasteiger partial charge on any atom is 0.434 e. The summed E-state index contributed by atoms with van der Waals surface area (Å²) in [6.45, 7) is 3.57. The van der Waals surface area contributed by atoms with Gasteiger partial charge >= 0.3 is 6.18 Å². The van der Waals surface area contributed by atoms with Crippen molar-refractivity contribution in [3.63, 3.8) is 0 Å². The Labute approximate surface area is 81.9 Å². The zero-order chi connectivity index (χ0) is 10.2. The van der Waals surface area contributed by atoms with E-state index in [4.69, 9.17) is 0 Å². The molecule has 0 fully saturated rings. The SMILES string of the molecule is CC(C)n1cc(C(F)(F)F)nc1Br. The van der Waals surface area contributed by atoms with Gasteiger partial charge < -0.3 is 4.57 Å². The Hall–Kier alpha value is -0.520. The van der Waals surface area contributed by atoms with Crippen LogP contribution in [0, 0.1) is 0 Å². The molecule has 0 saturated carbocycles. The second-order valence-electron chi connectivity index (χ2n) is 2.89. The molecule has 0 aromatic carbocycles. The minimum absolute atomic E-state index is 0.0435. The number of hydrogen-bond donors (Lipinski definition) is 0. The van der Waals surface area contributed by atoms with Gasteiger partial charge in [-0.2, -0.15) is 13.2 Å². The summed E-state index contributed by atoms with van der Waals surface area (Å²) in [6.07, 6.45) is -3.38. The predicted octanol–water partition coefficient (Wildman–Crippen LogP) is 3.25. The van der Waals surface area contributed by atoms with Gasteiger partial charge in [0.1, 0.15) is 0 Å². The van der Waals surface area contributed by atoms with E-state index in [-0.39, 0.29) is 10.8 Å². The zero-order valence-corrected chi connectivity index (χ0v) is 8.65. The van der Waals surface area contributed by atoms with Gasteiger partial charge in [-0.3, -0.25) is 0 Å². The van der Waals surface area contributed by atoms with Crippen LogP contribution in [0.5, 0.6) is 0 Å². The first-order chi connectivity index (χ1) is 5.82. The molecule has 1 aromatic heterocycles. The highest BCUT2D eigenvalue weighted by Crippen LogP contribution is 2.30. The lowest BCUT2D eigenvalue weighted by molar-refractivity contribution is -0.141. The van der Waals surface area contributed by atoms with Crippen molar-refractivity contribution in [1.29, 1.82) is 0 Å². The third-order valence-electron chi connectivity index (χ3n) is 1.53. The molecule has 0 aliphatic carbocycles. The summed E-state index contributed by atoms with van der Waals surface area (Å²) in [4.78, 5) is 3.36. The van der Waals surface area contributed by atoms with Gasteiger partial charge in [-0.25, -0.2) is 4.98 Å². The maximum absolute atomic E-state index is 12.1. The van der Waals surface area contributed by atoms with Crippen LogP contribution in [0.25, 0.3) is 0 Å². The first-order valence-corrected chi connectivity index (χ1v) is 4.43. The van der Waals surface area contributed by atoms with E-state index < -0.39 is 11.9 Å². The molecule has 6 heteroatoms. The Morgan fingerprint density at radius 2 is 2.00 bits per heavy atom. The Bertz CT molecular complexity index is 303. The lowest BCUT2D eigenvalue weighted by Crippen LogP contribution is -2.05. The first-order valence-electron chi connectivity index (χ1n) is 3.64. The summed E-state index contributed by atoms with van der Waals surface area (Å²) < 4.78 is 38.1. The molecule has 0 saturated heterocycles. The molecule has 0 unspecified atom stereocenters. The predicted molar refractivity (Wildman–Crippen MR) is 45.3 cm³/mol. The van der Waals surface area contributed by atoms with Crippen molar-refractivity contribution in [2.24, 2.45) is 0 Å². The van der Waals surface area contributed by atoms with Gasteiger partial charge in [-0.15, -0.1) is 0 Å². The Balaban J connectivity index is 3.10. The van der Waals surface area contributed by atoms with E-state index in [1.54, 1.807) is 13.8 Å². The fourth-order valence-corrected chi connectivity index (χ4v) is 1.57. The van der Waals surface area contributed by atoms with Crippen molar-refractivity contribution in [2.45, 2.75) is 26.1 Å². The van der Waals surface area contributed by atoms with E-state index in [9.17, 15) is 13.2 Å². The van der Waals surface area contributed by atoms with E-state index in [2.05, 4.69) is 20.9 Å². The highest BCUT2D eigenvalue weighted by atomic mass is 79.9. The van der Waals surface area contributed by atoms with Crippen molar-refractivity contribution < 1.29 is 13.2 Å². The van der Waals surface area contributed by atoms with Crippen LogP contribution < -0.4 is 0 Å². The van der Waals surface area contributed by atoms with E-state index in [1.807, 2.05) is 0 Å². The highest BCUT2D eigenvalue weighted by Gasteiger charge is 2.34. The summed E-state index contributed by atoms with van der Waals surface area (Å²) in [7, 11) is 0. The molecule has 13 heavy (non-hydrogen) atoms. The van der Waals surface area contributed by atoms with Crippen molar-refractivity contribution in [2.75, 3.05) is 0 Å². The molecule has 0 amide bonds. The maximum atomic E-state index is 12.1. The summed E-state index contributed by atoms with van der Waals surface area (Å²) in [5.41, 5.74) is -0.868. The van der Waals surface area contributed by atoms with E-state index >= 15 is 0 Å². The number of imidazole rings is 1. The van der Waals surface area contributed by atoms with Crippen molar-refractivity contribution in [3.05, 3.63) is 16.6 Å². The van der Waals surface area contributed by atoms with Gasteiger partial charge in [0, 0.05) is 12.2 Å². The molecule has 1 aromatic rings. The fourth-order valence-electron chi connectivity index (χ4n) is 0.870. The monoisotopic (exact) mass is 256 g/mol. The molecule has 1 rings (SSSR count). The van der Waals surface area contributed by atoms with Gasteiger partial charge in [-0.1, -0.05) is 0 Å². The Morgan fingerprint density at radius 3 is 2.23 bits per heavy atom. The molecule has 74 valence electrons. The standard InChI is InChI=1S/C7H8BrF3N2/c1-4(2)13-3-5(7(9,10)11)12-6(13)8/h3-4H,1-2H3. The number of halogens is 4. The lowest BCUT2D eigenvalue weighted by Gasteiger charge is -2.06. The Kier molecular flexibility index (Phi) is 2.70. The largest absolute Gasteiger partial charge is 0.434 e. The topological polar surface area (TPSA) is 17.8 Å². The summed E-state index contributed by atoms with van der Waals surface area (Å²) >= 11 is 2.96. The van der Waals surface area contributed by atoms with Crippen molar-refractivity contribution in [1.82, 2.24) is 9.55 Å². The van der Waals surface area contributed by atoms with E-state index in [1.165, 1.54) is 4.57 Å². The van der Waals surface area contributed by atoms with Crippen LogP contribution in [-0.2, 0) is 6.18 Å². The minimum Gasteiger partial charge on any atom is -0.322 e. The summed E-state index contributed by atoms with van der Waals surface area (Å²) in [5.74, 6) is 0. The smallest absolute Gasteiger partial charge is 0.322 e. The quantitative estimate of drug-likeness (QED) is 0.755. The molecule has 0 atom stereocenters. The molecule has 0 radical (unpaired) electrons. The molecule has 0 spiro atoms. The highest BCUT2D eigenvalue weighted by molar-refractivity contribution is 9.10. The van der Waals surface area contributed by atoms with Gasteiger partial charge in [0.05, 0.1) is 0 Å². The fraction of sp³-hybridized carbons (Fsp3) is 0.571. The summed E-state index contributed by atoms with van der Waals surface area (Å²) in [5, 5.41) is 0. The molecule has 0 N–H and O–H groups in total. The third-order valence-corrected chi connectivity index (χ3v) is 2.12. The van der Waals surface area contributed by atoms with Crippen LogP contribution in [0.2, 0.25) is 0 Å². The molecule has 2 nitrogen and oxygen atoms in total. The van der Waals surface area contributed by atoms with E-state index in [0.29, 0.717) is 0 Å². The third kappa shape index (κ3) is 2.24. The number of hydrogen-bond acceptors (Lipinski definition) is 1. The zero-order valence-electron chi connectivity index (χ0n) is 7.06. The van der Waals surface area contributed by atoms with Crippen LogP contribution in [0.15, 0.2) is 10.9 Å². The second-order valence-corrected chi connectivity index (χ2v) is 3.60. The van der Waals surface area contributed by atoms with Crippen LogP contribution in [0.1, 0.15) is 25.6 Å². The van der Waals surface area contributed by atoms with Crippen LogP contribution >= 0.6 is 15.9 Å². The normalized spacial score (nSPS) is 12.5. The average Bonchev–Trinajstić information content (AvgIpc) is 2.29. The van der Waals surface area contributed by atoms with Crippen LogP contribution in [-0.4, -0.2) is 9.55 Å². The van der Waals surface area contributed by atoms with Crippen molar-refractivity contribution >= 4 is 15.9 Å². The molecule has 0 aliphatic heterocycles. The van der Waals surface area contributed by atoms with Gasteiger partial charge in [0.2, 0.25) is 0 Å². The van der Waals surface area contributed by atoms with Crippen molar-refractivity contribution in [3.8, 4) is 0 Å². The minimum atomic E-state index is -4.37.